The van der Waals surface area contributed by atoms with Gasteiger partial charge in [-0.3, -0.25) is 14.4 Å². The van der Waals surface area contributed by atoms with Gasteiger partial charge in [-0.05, 0) is 97.7 Å². The van der Waals surface area contributed by atoms with Gasteiger partial charge in [0.1, 0.15) is 0 Å². The van der Waals surface area contributed by atoms with E-state index in [1.165, 1.54) is 6.21 Å². The fraction of sp³-hybridized carbons (Fsp3) is 0.360. The van der Waals surface area contributed by atoms with Gasteiger partial charge in [0.25, 0.3) is 5.91 Å². The zero-order valence-corrected chi connectivity index (χ0v) is 22.7. The van der Waals surface area contributed by atoms with E-state index in [1.807, 2.05) is 52.8 Å². The molecule has 2 rings (SSSR count). The van der Waals surface area contributed by atoms with Crippen LogP contribution in [0.25, 0.3) is 0 Å². The Labute approximate surface area is 219 Å². The van der Waals surface area contributed by atoms with E-state index in [0.29, 0.717) is 39.3 Å². The van der Waals surface area contributed by atoms with Gasteiger partial charge in [-0.25, -0.2) is 5.43 Å². The molecule has 2 aromatic rings. The van der Waals surface area contributed by atoms with Crippen molar-refractivity contribution in [1.29, 1.82) is 0 Å². The lowest BCUT2D eigenvalue weighted by molar-refractivity contribution is -0.139. The second-order valence-electron chi connectivity index (χ2n) is 7.96. The second kappa shape index (κ2) is 13.7. The predicted molar refractivity (Wildman–Crippen MR) is 144 cm³/mol. The molecule has 3 N–H and O–H groups in total. The Morgan fingerprint density at radius 3 is 2.34 bits per heavy atom. The van der Waals surface area contributed by atoms with Crippen molar-refractivity contribution >= 4 is 52.2 Å². The summed E-state index contributed by atoms with van der Waals surface area (Å²) in [5, 5.41) is 9.26. The van der Waals surface area contributed by atoms with Gasteiger partial charge in [-0.15, -0.1) is 0 Å². The largest absolute Gasteiger partial charge is 0.490 e. The van der Waals surface area contributed by atoms with E-state index in [2.05, 4.69) is 43.8 Å². The van der Waals surface area contributed by atoms with Crippen LogP contribution in [0.4, 0.5) is 5.69 Å². The zero-order chi connectivity index (χ0) is 26.0. The molecule has 0 aliphatic rings. The molecule has 9 nitrogen and oxygen atoms in total. The summed E-state index contributed by atoms with van der Waals surface area (Å²) in [6.45, 7) is 9.67. The molecule has 0 saturated heterocycles. The van der Waals surface area contributed by atoms with Gasteiger partial charge in [-0.1, -0.05) is 13.0 Å². The summed E-state index contributed by atoms with van der Waals surface area (Å²) in [7, 11) is 0. The van der Waals surface area contributed by atoms with Crippen LogP contribution in [0.5, 0.6) is 11.5 Å². The smallest absolute Gasteiger partial charge is 0.329 e. The molecule has 0 bridgehead atoms. The molecule has 188 valence electrons. The monoisotopic (exact) mass is 594 g/mol. The lowest BCUT2D eigenvalue weighted by atomic mass is 10.1. The minimum atomic E-state index is -0.851. The quantitative estimate of drug-likeness (QED) is 0.168. The minimum Gasteiger partial charge on any atom is -0.490 e. The first-order chi connectivity index (χ1) is 16.6. The van der Waals surface area contributed by atoms with Crippen LogP contribution in [0, 0.1) is 17.4 Å². The van der Waals surface area contributed by atoms with Crippen LogP contribution in [0.15, 0.2) is 35.4 Å². The van der Waals surface area contributed by atoms with Crippen molar-refractivity contribution in [2.75, 3.05) is 18.5 Å². The number of aryl methyl sites for hydroxylation is 2. The van der Waals surface area contributed by atoms with Crippen molar-refractivity contribution < 1.29 is 23.9 Å². The van der Waals surface area contributed by atoms with E-state index in [-0.39, 0.29) is 18.6 Å². The van der Waals surface area contributed by atoms with Crippen LogP contribution >= 0.6 is 22.6 Å². The van der Waals surface area contributed by atoms with E-state index >= 15 is 0 Å². The number of amides is 3. The molecule has 1 atom stereocenters. The lowest BCUT2D eigenvalue weighted by Crippen LogP contribution is -2.41. The molecule has 0 saturated carbocycles. The van der Waals surface area contributed by atoms with Gasteiger partial charge in [0.15, 0.2) is 18.1 Å². The topological polar surface area (TPSA) is 118 Å². The summed E-state index contributed by atoms with van der Waals surface area (Å²) in [5.41, 5.74) is 5.65. The molecule has 0 aliphatic carbocycles. The van der Waals surface area contributed by atoms with Crippen LogP contribution < -0.4 is 25.5 Å². The number of ether oxygens (including phenoxy) is 2. The first kappa shape index (κ1) is 28.1. The first-order valence-electron chi connectivity index (χ1n) is 11.2. The van der Waals surface area contributed by atoms with Crippen molar-refractivity contribution in [3.05, 3.63) is 50.6 Å². The zero-order valence-electron chi connectivity index (χ0n) is 20.5. The molecule has 0 heterocycles. The summed E-state index contributed by atoms with van der Waals surface area (Å²) < 4.78 is 12.2. The fourth-order valence-corrected chi connectivity index (χ4v) is 3.84. The molecule has 0 aliphatic heterocycles. The molecule has 0 radical (unpaired) electrons. The normalized spacial score (nSPS) is 11.6. The Kier molecular flexibility index (Phi) is 11.0. The summed E-state index contributed by atoms with van der Waals surface area (Å²) in [6, 6.07) is 9.14. The number of hydrogen-bond donors (Lipinski definition) is 3. The number of carbonyl (C=O) groups excluding carboxylic acids is 3. The SMILES string of the molecule is CCOc1cc(/C=N\NC(=O)C(=O)N[C@H](C)CC)cc(I)c1OCC(=O)Nc1cc(C)cc(C)c1. The van der Waals surface area contributed by atoms with E-state index in [0.717, 1.165) is 11.1 Å². The summed E-state index contributed by atoms with van der Waals surface area (Å²) >= 11 is 2.07. The first-order valence-corrected chi connectivity index (χ1v) is 12.3. The fourth-order valence-electron chi connectivity index (χ4n) is 3.05. The van der Waals surface area contributed by atoms with E-state index < -0.39 is 11.8 Å². The molecule has 3 amide bonds. The van der Waals surface area contributed by atoms with E-state index in [9.17, 15) is 14.4 Å². The van der Waals surface area contributed by atoms with Crippen molar-refractivity contribution in [2.45, 2.75) is 47.1 Å². The Bertz CT molecular complexity index is 1080. The third-order valence-electron chi connectivity index (χ3n) is 4.76. The maximum Gasteiger partial charge on any atom is 0.329 e. The Hall–Kier alpha value is -3.15. The minimum absolute atomic E-state index is 0.108. The highest BCUT2D eigenvalue weighted by Gasteiger charge is 2.16. The molecule has 2 aromatic carbocycles. The molecular formula is C25H31IN4O5. The number of rotatable bonds is 10. The number of anilines is 1. The second-order valence-corrected chi connectivity index (χ2v) is 9.12. The van der Waals surface area contributed by atoms with Crippen molar-refractivity contribution in [2.24, 2.45) is 5.10 Å². The molecule has 35 heavy (non-hydrogen) atoms. The highest BCUT2D eigenvalue weighted by molar-refractivity contribution is 14.1. The van der Waals surface area contributed by atoms with Crippen molar-refractivity contribution in [1.82, 2.24) is 10.7 Å². The highest BCUT2D eigenvalue weighted by atomic mass is 127. The third kappa shape index (κ3) is 9.19. The number of nitrogens with one attached hydrogen (secondary N) is 3. The average molecular weight is 594 g/mol. The molecule has 10 heteroatoms. The van der Waals surface area contributed by atoms with Gasteiger partial charge < -0.3 is 20.1 Å². The van der Waals surface area contributed by atoms with Gasteiger partial charge in [-0.2, -0.15) is 5.10 Å². The average Bonchev–Trinajstić information content (AvgIpc) is 2.77. The maximum atomic E-state index is 12.4. The van der Waals surface area contributed by atoms with Gasteiger partial charge >= 0.3 is 11.8 Å². The Balaban J connectivity index is 2.05. The number of carbonyl (C=O) groups is 3. The van der Waals surface area contributed by atoms with Gasteiger partial charge in [0.05, 0.1) is 16.4 Å². The molecule has 0 unspecified atom stereocenters. The molecule has 0 aromatic heterocycles. The number of hydrazone groups is 1. The van der Waals surface area contributed by atoms with Gasteiger partial charge in [0, 0.05) is 11.7 Å². The molecular weight excluding hydrogens is 563 g/mol. The maximum absolute atomic E-state index is 12.4. The summed E-state index contributed by atoms with van der Waals surface area (Å²) in [5.74, 6) is -1.03. The highest BCUT2D eigenvalue weighted by Crippen LogP contribution is 2.34. The van der Waals surface area contributed by atoms with Gasteiger partial charge in [0.2, 0.25) is 0 Å². The number of benzene rings is 2. The van der Waals surface area contributed by atoms with Crippen LogP contribution in [-0.2, 0) is 14.4 Å². The van der Waals surface area contributed by atoms with Crippen molar-refractivity contribution in [3.8, 4) is 11.5 Å². The van der Waals surface area contributed by atoms with Crippen LogP contribution in [0.2, 0.25) is 0 Å². The van der Waals surface area contributed by atoms with Crippen LogP contribution in [-0.4, -0.2) is 43.2 Å². The summed E-state index contributed by atoms with van der Waals surface area (Å²) in [4.78, 5) is 36.1. The van der Waals surface area contributed by atoms with E-state index in [4.69, 9.17) is 9.47 Å². The molecule has 0 spiro atoms. The van der Waals surface area contributed by atoms with Crippen LogP contribution in [0.3, 0.4) is 0 Å². The Morgan fingerprint density at radius 2 is 1.71 bits per heavy atom. The number of nitrogens with zero attached hydrogens (tertiary/aromatic N) is 1. The van der Waals surface area contributed by atoms with E-state index in [1.54, 1.807) is 12.1 Å². The third-order valence-corrected chi connectivity index (χ3v) is 5.56. The lowest BCUT2D eigenvalue weighted by Gasteiger charge is -2.15. The predicted octanol–water partition coefficient (Wildman–Crippen LogP) is 3.69. The van der Waals surface area contributed by atoms with Crippen molar-refractivity contribution in [3.63, 3.8) is 0 Å². The van der Waals surface area contributed by atoms with Crippen LogP contribution in [0.1, 0.15) is 43.9 Å². The molecule has 0 fully saturated rings. The number of halogens is 1. The summed E-state index contributed by atoms with van der Waals surface area (Å²) in [6.07, 6.45) is 2.11. The Morgan fingerprint density at radius 1 is 1.03 bits per heavy atom. The standard InChI is InChI=1S/C25H31IN4O5/c1-6-17(5)28-24(32)25(33)30-27-13-18-11-20(26)23(21(12-18)34-7-2)35-14-22(31)29-19-9-15(3)8-16(4)10-19/h8-13,17H,6-7,14H2,1-5H3,(H,28,32)(H,29,31)(H,30,33)/b27-13-/t17-/m1/s1. The number of hydrogen-bond acceptors (Lipinski definition) is 6.